The topological polar surface area (TPSA) is 26.0 Å². The lowest BCUT2D eigenvalue weighted by Crippen LogP contribution is -1.94. The highest BCUT2D eigenvalue weighted by molar-refractivity contribution is 4.81. The Kier molecular flexibility index (Phi) is 11.4. The lowest BCUT2D eigenvalue weighted by atomic mass is 10.1. The van der Waals surface area contributed by atoms with Crippen LogP contribution < -0.4 is 5.73 Å². The van der Waals surface area contributed by atoms with Crippen molar-refractivity contribution >= 4 is 0 Å². The molecule has 0 rings (SSSR count). The van der Waals surface area contributed by atoms with Crippen molar-refractivity contribution in [1.29, 1.82) is 0 Å². The summed E-state index contributed by atoms with van der Waals surface area (Å²) >= 11 is 0. The van der Waals surface area contributed by atoms with Crippen LogP contribution in [-0.2, 0) is 0 Å². The number of hydrogen-bond acceptors (Lipinski definition) is 1. The van der Waals surface area contributed by atoms with Crippen LogP contribution in [-0.4, -0.2) is 6.54 Å². The first kappa shape index (κ1) is 12.7. The van der Waals surface area contributed by atoms with Gasteiger partial charge in [-0.15, -0.1) is 0 Å². The van der Waals surface area contributed by atoms with Crippen LogP contribution in [0.4, 0.5) is 0 Å². The molecule has 78 valence electrons. The van der Waals surface area contributed by atoms with Crippen molar-refractivity contribution in [3.8, 4) is 0 Å². The van der Waals surface area contributed by atoms with E-state index in [0.717, 1.165) is 13.0 Å². The summed E-state index contributed by atoms with van der Waals surface area (Å²) < 4.78 is 0. The summed E-state index contributed by atoms with van der Waals surface area (Å²) in [7, 11) is 0. The van der Waals surface area contributed by atoms with Crippen molar-refractivity contribution in [3.63, 3.8) is 0 Å². The normalized spacial score (nSPS) is 11.2. The van der Waals surface area contributed by atoms with Gasteiger partial charge in [0.05, 0.1) is 0 Å². The van der Waals surface area contributed by atoms with Gasteiger partial charge in [0.25, 0.3) is 0 Å². The molecule has 1 heteroatoms. The van der Waals surface area contributed by atoms with Crippen LogP contribution in [0.1, 0.15) is 58.3 Å². The van der Waals surface area contributed by atoms with Gasteiger partial charge in [-0.3, -0.25) is 0 Å². The summed E-state index contributed by atoms with van der Waals surface area (Å²) in [5, 5.41) is 0. The maximum atomic E-state index is 5.37. The maximum absolute atomic E-state index is 5.37. The average molecular weight is 183 g/mol. The minimum absolute atomic E-state index is 0.785. The second kappa shape index (κ2) is 11.7. The third-order valence-electron chi connectivity index (χ3n) is 2.22. The fourth-order valence-electron chi connectivity index (χ4n) is 1.37. The molecule has 0 amide bonds. The number of unbranched alkanes of at least 4 members (excludes halogenated alkanes) is 6. The Morgan fingerprint density at radius 3 is 2.15 bits per heavy atom. The molecule has 0 heterocycles. The first-order valence-electron chi connectivity index (χ1n) is 5.77. The second-order valence-corrected chi connectivity index (χ2v) is 3.61. The van der Waals surface area contributed by atoms with Crippen LogP contribution in [0, 0.1) is 0 Å². The van der Waals surface area contributed by atoms with E-state index in [-0.39, 0.29) is 0 Å². The lowest BCUT2D eigenvalue weighted by molar-refractivity contribution is 0.611. The Labute approximate surface area is 83.4 Å². The molecule has 0 aliphatic heterocycles. The van der Waals surface area contributed by atoms with Gasteiger partial charge < -0.3 is 5.73 Å². The molecule has 0 saturated carbocycles. The Morgan fingerprint density at radius 2 is 1.46 bits per heavy atom. The monoisotopic (exact) mass is 183 g/mol. The van der Waals surface area contributed by atoms with Crippen molar-refractivity contribution in [2.75, 3.05) is 6.54 Å². The van der Waals surface area contributed by atoms with E-state index in [0.29, 0.717) is 0 Å². The van der Waals surface area contributed by atoms with Gasteiger partial charge in [0.2, 0.25) is 0 Å². The molecule has 0 aromatic carbocycles. The molecule has 13 heavy (non-hydrogen) atoms. The molecule has 0 bridgehead atoms. The average Bonchev–Trinajstić information content (AvgIpc) is 2.16. The van der Waals surface area contributed by atoms with E-state index in [1.165, 1.54) is 44.9 Å². The van der Waals surface area contributed by atoms with Gasteiger partial charge in [0.15, 0.2) is 0 Å². The molecule has 0 saturated heterocycles. The third-order valence-corrected chi connectivity index (χ3v) is 2.22. The van der Waals surface area contributed by atoms with Gasteiger partial charge in [-0.05, 0) is 25.8 Å². The lowest BCUT2D eigenvalue weighted by Gasteiger charge is -1.97. The van der Waals surface area contributed by atoms with E-state index in [1.807, 2.05) is 0 Å². The van der Waals surface area contributed by atoms with Gasteiger partial charge >= 0.3 is 0 Å². The Balaban J connectivity index is 2.91. The van der Waals surface area contributed by atoms with Crippen LogP contribution in [0.3, 0.4) is 0 Å². The van der Waals surface area contributed by atoms with Crippen molar-refractivity contribution in [1.82, 2.24) is 0 Å². The fourth-order valence-corrected chi connectivity index (χ4v) is 1.37. The number of nitrogens with two attached hydrogens (primary N) is 1. The zero-order valence-corrected chi connectivity index (χ0v) is 9.10. The molecule has 0 aromatic heterocycles. The minimum atomic E-state index is 0.785. The number of allylic oxidation sites excluding steroid dienone is 1. The van der Waals surface area contributed by atoms with Crippen LogP contribution in [0.2, 0.25) is 0 Å². The quantitative estimate of drug-likeness (QED) is 0.428. The molecule has 0 unspecified atom stereocenters. The van der Waals surface area contributed by atoms with Gasteiger partial charge in [0.1, 0.15) is 0 Å². The standard InChI is InChI=1S/C12H25N/c1-2-3-4-5-6-7-8-9-10-11-12-13/h9-10H,2-8,11-13H2,1H3. The molecule has 1 nitrogen and oxygen atoms in total. The molecule has 0 aliphatic rings. The predicted molar refractivity (Wildman–Crippen MR) is 60.8 cm³/mol. The molecule has 2 N–H and O–H groups in total. The van der Waals surface area contributed by atoms with E-state index < -0.39 is 0 Å². The highest BCUT2D eigenvalue weighted by Crippen LogP contribution is 2.07. The SMILES string of the molecule is CCCCCCCCC=CCCN. The van der Waals surface area contributed by atoms with Crippen LogP contribution >= 0.6 is 0 Å². The molecule has 0 atom stereocenters. The zero-order chi connectivity index (χ0) is 9.78. The minimum Gasteiger partial charge on any atom is -0.330 e. The summed E-state index contributed by atoms with van der Waals surface area (Å²) in [5.74, 6) is 0. The molecule has 0 radical (unpaired) electrons. The Bertz CT molecular complexity index is 108. The number of rotatable bonds is 9. The highest BCUT2D eigenvalue weighted by atomic mass is 14.5. The summed E-state index contributed by atoms with van der Waals surface area (Å²) in [6.07, 6.45) is 15.1. The smallest absolute Gasteiger partial charge is 0.00426 e. The zero-order valence-electron chi connectivity index (χ0n) is 9.10. The van der Waals surface area contributed by atoms with Crippen LogP contribution in [0.25, 0.3) is 0 Å². The first-order chi connectivity index (χ1) is 6.41. The van der Waals surface area contributed by atoms with Gasteiger partial charge in [-0.25, -0.2) is 0 Å². The summed E-state index contributed by atoms with van der Waals surface area (Å²) in [6, 6.07) is 0. The van der Waals surface area contributed by atoms with E-state index >= 15 is 0 Å². The van der Waals surface area contributed by atoms with Gasteiger partial charge in [-0.2, -0.15) is 0 Å². The van der Waals surface area contributed by atoms with E-state index in [2.05, 4.69) is 19.1 Å². The first-order valence-corrected chi connectivity index (χ1v) is 5.77. The van der Waals surface area contributed by atoms with E-state index in [1.54, 1.807) is 0 Å². The van der Waals surface area contributed by atoms with E-state index in [4.69, 9.17) is 5.73 Å². The summed E-state index contributed by atoms with van der Waals surface area (Å²) in [6.45, 7) is 3.04. The molecule has 0 aromatic rings. The summed E-state index contributed by atoms with van der Waals surface area (Å²) in [4.78, 5) is 0. The molecular formula is C12H25N. The van der Waals surface area contributed by atoms with Crippen molar-refractivity contribution in [3.05, 3.63) is 12.2 Å². The second-order valence-electron chi connectivity index (χ2n) is 3.61. The Hall–Kier alpha value is -0.300. The van der Waals surface area contributed by atoms with Gasteiger partial charge in [0, 0.05) is 0 Å². The van der Waals surface area contributed by atoms with Crippen LogP contribution in [0.15, 0.2) is 12.2 Å². The van der Waals surface area contributed by atoms with Crippen LogP contribution in [0.5, 0.6) is 0 Å². The maximum Gasteiger partial charge on any atom is -0.00426 e. The van der Waals surface area contributed by atoms with Crippen molar-refractivity contribution in [2.24, 2.45) is 5.73 Å². The van der Waals surface area contributed by atoms with Crippen molar-refractivity contribution in [2.45, 2.75) is 58.3 Å². The largest absolute Gasteiger partial charge is 0.330 e. The molecule has 0 spiro atoms. The van der Waals surface area contributed by atoms with E-state index in [9.17, 15) is 0 Å². The van der Waals surface area contributed by atoms with Gasteiger partial charge in [-0.1, -0.05) is 51.2 Å². The Morgan fingerprint density at radius 1 is 0.846 bits per heavy atom. The summed E-state index contributed by atoms with van der Waals surface area (Å²) in [5.41, 5.74) is 5.37. The number of hydrogen-bond donors (Lipinski definition) is 1. The molecule has 0 aliphatic carbocycles. The fraction of sp³-hybridized carbons (Fsp3) is 0.833. The molecular weight excluding hydrogens is 158 g/mol. The third kappa shape index (κ3) is 11.7. The highest BCUT2D eigenvalue weighted by Gasteiger charge is 1.87. The molecule has 0 fully saturated rings. The predicted octanol–water partition coefficient (Wildman–Crippen LogP) is 3.64. The van der Waals surface area contributed by atoms with Crippen molar-refractivity contribution < 1.29 is 0 Å².